The standard InChI is InChI=1S/C15H14FN3O/c1-10-2-7-13(16)8-14(10)12-5-3-11(4-6-12)9-18-19-15(17)20/h2-9H,1H3,(H3,17,19,20). The first kappa shape index (κ1) is 13.7. The van der Waals surface area contributed by atoms with Crippen molar-refractivity contribution in [1.29, 1.82) is 0 Å². The lowest BCUT2D eigenvalue weighted by Crippen LogP contribution is -2.24. The van der Waals surface area contributed by atoms with Crippen molar-refractivity contribution < 1.29 is 9.18 Å². The third kappa shape index (κ3) is 3.41. The lowest BCUT2D eigenvalue weighted by molar-refractivity contribution is 0.249. The third-order valence-corrected chi connectivity index (χ3v) is 2.81. The van der Waals surface area contributed by atoms with Crippen molar-refractivity contribution in [3.05, 3.63) is 59.4 Å². The molecular weight excluding hydrogens is 257 g/mol. The molecule has 0 saturated carbocycles. The summed E-state index contributed by atoms with van der Waals surface area (Å²) in [6.07, 6.45) is 1.48. The molecule has 4 nitrogen and oxygen atoms in total. The van der Waals surface area contributed by atoms with Crippen molar-refractivity contribution in [1.82, 2.24) is 5.43 Å². The van der Waals surface area contributed by atoms with E-state index in [2.05, 4.69) is 10.5 Å². The van der Waals surface area contributed by atoms with Gasteiger partial charge in [-0.1, -0.05) is 30.3 Å². The molecule has 0 bridgehead atoms. The summed E-state index contributed by atoms with van der Waals surface area (Å²) in [4.78, 5) is 10.5. The van der Waals surface area contributed by atoms with Crippen molar-refractivity contribution >= 4 is 12.2 Å². The third-order valence-electron chi connectivity index (χ3n) is 2.81. The number of amides is 2. The summed E-state index contributed by atoms with van der Waals surface area (Å²) in [6.45, 7) is 1.93. The van der Waals surface area contributed by atoms with E-state index in [1.165, 1.54) is 18.3 Å². The van der Waals surface area contributed by atoms with Gasteiger partial charge in [0.25, 0.3) is 0 Å². The van der Waals surface area contributed by atoms with Gasteiger partial charge in [0.1, 0.15) is 5.82 Å². The molecule has 2 amide bonds. The second-order valence-corrected chi connectivity index (χ2v) is 4.32. The Labute approximate surface area is 116 Å². The average Bonchev–Trinajstić information content (AvgIpc) is 2.42. The van der Waals surface area contributed by atoms with Crippen LogP contribution in [0.1, 0.15) is 11.1 Å². The number of hydrogen-bond acceptors (Lipinski definition) is 2. The number of nitrogens with one attached hydrogen (secondary N) is 1. The average molecular weight is 271 g/mol. The lowest BCUT2D eigenvalue weighted by Gasteiger charge is -2.06. The number of hydrazone groups is 1. The fourth-order valence-corrected chi connectivity index (χ4v) is 1.82. The molecule has 0 heterocycles. The van der Waals surface area contributed by atoms with Crippen LogP contribution in [0.5, 0.6) is 0 Å². The molecule has 3 N–H and O–H groups in total. The summed E-state index contributed by atoms with van der Waals surface area (Å²) in [7, 11) is 0. The van der Waals surface area contributed by atoms with Gasteiger partial charge in [-0.3, -0.25) is 0 Å². The number of hydrogen-bond donors (Lipinski definition) is 2. The van der Waals surface area contributed by atoms with E-state index in [1.54, 1.807) is 6.07 Å². The van der Waals surface area contributed by atoms with Crippen LogP contribution in [0, 0.1) is 12.7 Å². The van der Waals surface area contributed by atoms with E-state index in [1.807, 2.05) is 31.2 Å². The van der Waals surface area contributed by atoms with E-state index < -0.39 is 6.03 Å². The molecule has 5 heteroatoms. The first-order valence-corrected chi connectivity index (χ1v) is 6.01. The Hall–Kier alpha value is -2.69. The van der Waals surface area contributed by atoms with Gasteiger partial charge in [-0.2, -0.15) is 5.10 Å². The van der Waals surface area contributed by atoms with Gasteiger partial charge in [-0.05, 0) is 41.3 Å². The summed E-state index contributed by atoms with van der Waals surface area (Å²) >= 11 is 0. The molecule has 0 atom stereocenters. The van der Waals surface area contributed by atoms with E-state index in [4.69, 9.17) is 5.73 Å². The molecule has 2 aromatic rings. The Kier molecular flexibility index (Phi) is 4.10. The topological polar surface area (TPSA) is 67.5 Å². The zero-order valence-electron chi connectivity index (χ0n) is 10.9. The van der Waals surface area contributed by atoms with Crippen LogP contribution in [-0.4, -0.2) is 12.2 Å². The summed E-state index contributed by atoms with van der Waals surface area (Å²) < 4.78 is 13.3. The number of nitrogens with zero attached hydrogens (tertiary/aromatic N) is 1. The highest BCUT2D eigenvalue weighted by Gasteiger charge is 2.03. The summed E-state index contributed by atoms with van der Waals surface area (Å²) in [6, 6.07) is 11.4. The van der Waals surface area contributed by atoms with E-state index in [9.17, 15) is 9.18 Å². The number of aryl methyl sites for hydroxylation is 1. The Balaban J connectivity index is 2.21. The quantitative estimate of drug-likeness (QED) is 0.654. The molecule has 0 aromatic heterocycles. The highest BCUT2D eigenvalue weighted by atomic mass is 19.1. The molecule has 2 aromatic carbocycles. The molecule has 0 aliphatic rings. The van der Waals surface area contributed by atoms with Crippen molar-refractivity contribution in [2.45, 2.75) is 6.92 Å². The molecule has 0 fully saturated rings. The second-order valence-electron chi connectivity index (χ2n) is 4.32. The van der Waals surface area contributed by atoms with Crippen LogP contribution in [0.15, 0.2) is 47.6 Å². The summed E-state index contributed by atoms with van der Waals surface area (Å²) in [5, 5.41) is 3.67. The van der Waals surface area contributed by atoms with Gasteiger partial charge in [0.15, 0.2) is 0 Å². The largest absolute Gasteiger partial charge is 0.350 e. The zero-order chi connectivity index (χ0) is 14.5. The highest BCUT2D eigenvalue weighted by Crippen LogP contribution is 2.24. The number of primary amides is 1. The van der Waals surface area contributed by atoms with Gasteiger partial charge in [0, 0.05) is 0 Å². The first-order valence-electron chi connectivity index (χ1n) is 6.01. The Morgan fingerprint density at radius 1 is 1.25 bits per heavy atom. The van der Waals surface area contributed by atoms with Crippen LogP contribution in [-0.2, 0) is 0 Å². The maximum atomic E-state index is 13.3. The van der Waals surface area contributed by atoms with Crippen LogP contribution < -0.4 is 11.2 Å². The minimum Gasteiger partial charge on any atom is -0.350 e. The number of rotatable bonds is 3. The van der Waals surface area contributed by atoms with Crippen LogP contribution >= 0.6 is 0 Å². The normalized spacial score (nSPS) is 10.7. The van der Waals surface area contributed by atoms with Gasteiger partial charge in [-0.25, -0.2) is 14.6 Å². The predicted molar refractivity (Wildman–Crippen MR) is 76.9 cm³/mol. The molecule has 20 heavy (non-hydrogen) atoms. The van der Waals surface area contributed by atoms with Crippen molar-refractivity contribution in [3.8, 4) is 11.1 Å². The molecule has 0 aliphatic heterocycles. The fourth-order valence-electron chi connectivity index (χ4n) is 1.82. The van der Waals surface area contributed by atoms with E-state index in [0.717, 1.165) is 22.3 Å². The van der Waals surface area contributed by atoms with Gasteiger partial charge in [0.05, 0.1) is 6.21 Å². The number of halogens is 1. The minimum atomic E-state index is -0.715. The SMILES string of the molecule is Cc1ccc(F)cc1-c1ccc(C=NNC(N)=O)cc1. The number of urea groups is 1. The lowest BCUT2D eigenvalue weighted by atomic mass is 9.99. The van der Waals surface area contributed by atoms with Crippen molar-refractivity contribution in [2.75, 3.05) is 0 Å². The minimum absolute atomic E-state index is 0.262. The van der Waals surface area contributed by atoms with Gasteiger partial charge in [-0.15, -0.1) is 0 Å². The molecule has 102 valence electrons. The number of nitrogens with two attached hydrogens (primary N) is 1. The van der Waals surface area contributed by atoms with E-state index >= 15 is 0 Å². The zero-order valence-corrected chi connectivity index (χ0v) is 10.9. The Morgan fingerprint density at radius 3 is 2.60 bits per heavy atom. The number of benzene rings is 2. The maximum absolute atomic E-state index is 13.3. The van der Waals surface area contributed by atoms with Crippen LogP contribution in [0.2, 0.25) is 0 Å². The second kappa shape index (κ2) is 5.97. The first-order chi connectivity index (χ1) is 9.56. The van der Waals surface area contributed by atoms with Gasteiger partial charge < -0.3 is 5.73 Å². The summed E-state index contributed by atoms with van der Waals surface area (Å²) in [5.74, 6) is -0.262. The fraction of sp³-hybridized carbons (Fsp3) is 0.0667. The maximum Gasteiger partial charge on any atom is 0.332 e. The Bertz CT molecular complexity index is 651. The van der Waals surface area contributed by atoms with Crippen LogP contribution in [0.3, 0.4) is 0 Å². The van der Waals surface area contributed by atoms with Gasteiger partial charge >= 0.3 is 6.03 Å². The monoisotopic (exact) mass is 271 g/mol. The predicted octanol–water partition coefficient (Wildman–Crippen LogP) is 2.80. The smallest absolute Gasteiger partial charge is 0.332 e. The van der Waals surface area contributed by atoms with E-state index in [-0.39, 0.29) is 5.82 Å². The number of carbonyl (C=O) groups excluding carboxylic acids is 1. The van der Waals surface area contributed by atoms with Crippen LogP contribution in [0.4, 0.5) is 9.18 Å². The van der Waals surface area contributed by atoms with E-state index in [0.29, 0.717) is 0 Å². The highest BCUT2D eigenvalue weighted by molar-refractivity contribution is 5.82. The Morgan fingerprint density at radius 2 is 1.95 bits per heavy atom. The van der Waals surface area contributed by atoms with Crippen LogP contribution in [0.25, 0.3) is 11.1 Å². The molecule has 0 unspecified atom stereocenters. The molecule has 0 aliphatic carbocycles. The van der Waals surface area contributed by atoms with Crippen molar-refractivity contribution in [3.63, 3.8) is 0 Å². The molecule has 0 spiro atoms. The molecule has 0 radical (unpaired) electrons. The summed E-state index contributed by atoms with van der Waals surface area (Å²) in [5.41, 5.74) is 10.6. The molecule has 2 rings (SSSR count). The van der Waals surface area contributed by atoms with Crippen molar-refractivity contribution in [2.24, 2.45) is 10.8 Å². The molecule has 0 saturated heterocycles. The molecular formula is C15H14FN3O. The van der Waals surface area contributed by atoms with Gasteiger partial charge in [0.2, 0.25) is 0 Å². The number of carbonyl (C=O) groups is 1.